The van der Waals surface area contributed by atoms with Gasteiger partial charge in [-0.3, -0.25) is 0 Å². The van der Waals surface area contributed by atoms with Gasteiger partial charge in [-0.2, -0.15) is 4.31 Å². The molecule has 2 N–H and O–H groups in total. The van der Waals surface area contributed by atoms with Gasteiger partial charge in [0.1, 0.15) is 17.3 Å². The van der Waals surface area contributed by atoms with Gasteiger partial charge in [-0.25, -0.2) is 12.8 Å². The summed E-state index contributed by atoms with van der Waals surface area (Å²) in [6.07, 6.45) is 1.21. The monoisotopic (exact) mass is 313 g/mol. The van der Waals surface area contributed by atoms with Crippen LogP contribution in [0.25, 0.3) is 0 Å². The minimum Gasteiger partial charge on any atom is -0.395 e. The van der Waals surface area contributed by atoms with E-state index in [1.807, 2.05) is 0 Å². The SMILES string of the molecule is O=S(=O)(c1ccc(C#CCO)cc1F)N1CCCC1CO. The molecule has 0 aliphatic carbocycles. The van der Waals surface area contributed by atoms with Crippen LogP contribution in [0.1, 0.15) is 18.4 Å². The molecule has 1 unspecified atom stereocenters. The molecule has 7 heteroatoms. The third-order valence-electron chi connectivity index (χ3n) is 3.36. The van der Waals surface area contributed by atoms with Crippen LogP contribution in [0.15, 0.2) is 23.1 Å². The molecule has 5 nitrogen and oxygen atoms in total. The van der Waals surface area contributed by atoms with Gasteiger partial charge in [0.15, 0.2) is 0 Å². The van der Waals surface area contributed by atoms with Crippen LogP contribution in [0.2, 0.25) is 0 Å². The summed E-state index contributed by atoms with van der Waals surface area (Å²) in [4.78, 5) is -0.419. The van der Waals surface area contributed by atoms with E-state index >= 15 is 0 Å². The van der Waals surface area contributed by atoms with Crippen LogP contribution in [-0.2, 0) is 10.0 Å². The fourth-order valence-corrected chi connectivity index (χ4v) is 4.10. The largest absolute Gasteiger partial charge is 0.395 e. The highest BCUT2D eigenvalue weighted by Gasteiger charge is 2.36. The Morgan fingerprint density at radius 1 is 1.38 bits per heavy atom. The Morgan fingerprint density at radius 3 is 2.76 bits per heavy atom. The van der Waals surface area contributed by atoms with Crippen LogP contribution in [-0.4, -0.2) is 48.7 Å². The van der Waals surface area contributed by atoms with Crippen molar-refractivity contribution in [1.29, 1.82) is 0 Å². The predicted molar refractivity (Wildman–Crippen MR) is 74.4 cm³/mol. The molecule has 0 amide bonds. The summed E-state index contributed by atoms with van der Waals surface area (Å²) in [5.74, 6) is 4.00. The van der Waals surface area contributed by atoms with Gasteiger partial charge in [0.25, 0.3) is 0 Å². The Bertz CT molecular complexity index is 678. The fraction of sp³-hybridized carbons (Fsp3) is 0.429. The van der Waals surface area contributed by atoms with Crippen LogP contribution in [0, 0.1) is 17.7 Å². The molecule has 1 atom stereocenters. The summed E-state index contributed by atoms with van der Waals surface area (Å²) in [6, 6.07) is 3.09. The molecule has 1 aromatic rings. The Balaban J connectivity index is 2.37. The van der Waals surface area contributed by atoms with Crippen molar-refractivity contribution in [3.63, 3.8) is 0 Å². The summed E-state index contributed by atoms with van der Waals surface area (Å²) >= 11 is 0. The van der Waals surface area contributed by atoms with Gasteiger partial charge in [0, 0.05) is 18.2 Å². The van der Waals surface area contributed by atoms with E-state index in [2.05, 4.69) is 11.8 Å². The summed E-state index contributed by atoms with van der Waals surface area (Å²) < 4.78 is 40.1. The quantitative estimate of drug-likeness (QED) is 0.788. The van der Waals surface area contributed by atoms with E-state index in [4.69, 9.17) is 5.11 Å². The van der Waals surface area contributed by atoms with E-state index in [1.165, 1.54) is 12.1 Å². The molecular weight excluding hydrogens is 297 g/mol. The molecule has 1 fully saturated rings. The van der Waals surface area contributed by atoms with Crippen LogP contribution in [0.5, 0.6) is 0 Å². The Hall–Kier alpha value is -1.46. The zero-order valence-electron chi connectivity index (χ0n) is 11.3. The van der Waals surface area contributed by atoms with Crippen molar-refractivity contribution in [3.8, 4) is 11.8 Å². The summed E-state index contributed by atoms with van der Waals surface area (Å²) in [5, 5.41) is 17.8. The topological polar surface area (TPSA) is 77.8 Å². The lowest BCUT2D eigenvalue weighted by molar-refractivity contribution is 0.213. The van der Waals surface area contributed by atoms with Crippen molar-refractivity contribution in [2.24, 2.45) is 0 Å². The molecule has 1 aromatic carbocycles. The van der Waals surface area contributed by atoms with Crippen LogP contribution < -0.4 is 0 Å². The van der Waals surface area contributed by atoms with Gasteiger partial charge in [0.05, 0.1) is 6.61 Å². The molecule has 1 aliphatic heterocycles. The lowest BCUT2D eigenvalue weighted by Crippen LogP contribution is -2.37. The molecule has 0 aromatic heterocycles. The highest BCUT2D eigenvalue weighted by Crippen LogP contribution is 2.27. The molecule has 21 heavy (non-hydrogen) atoms. The van der Waals surface area contributed by atoms with Crippen molar-refractivity contribution in [3.05, 3.63) is 29.6 Å². The maximum Gasteiger partial charge on any atom is 0.246 e. The number of halogens is 1. The van der Waals surface area contributed by atoms with Gasteiger partial charge in [-0.1, -0.05) is 11.8 Å². The maximum atomic E-state index is 14.1. The van der Waals surface area contributed by atoms with Crippen LogP contribution in [0.3, 0.4) is 0 Å². The van der Waals surface area contributed by atoms with Crippen molar-refractivity contribution in [2.45, 2.75) is 23.8 Å². The second-order valence-corrected chi connectivity index (χ2v) is 6.56. The second-order valence-electron chi connectivity index (χ2n) is 4.70. The molecule has 0 spiro atoms. The first-order chi connectivity index (χ1) is 10.0. The number of aliphatic hydroxyl groups is 2. The van der Waals surface area contributed by atoms with E-state index in [-0.39, 0.29) is 19.8 Å². The average molecular weight is 313 g/mol. The zero-order valence-corrected chi connectivity index (χ0v) is 12.1. The third-order valence-corrected chi connectivity index (χ3v) is 5.35. The predicted octanol–water partition coefficient (Wildman–Crippen LogP) is 0.315. The van der Waals surface area contributed by atoms with Gasteiger partial charge in [-0.15, -0.1) is 0 Å². The van der Waals surface area contributed by atoms with E-state index < -0.39 is 26.8 Å². The maximum absolute atomic E-state index is 14.1. The lowest BCUT2D eigenvalue weighted by atomic mass is 10.2. The van der Waals surface area contributed by atoms with Crippen LogP contribution in [0.4, 0.5) is 4.39 Å². The standard InChI is InChI=1S/C14H16FNO4S/c15-13-9-11(3-2-8-17)5-6-14(13)21(19,20)16-7-1-4-12(16)10-18/h5-6,9,12,17-18H,1,4,7-8,10H2. The number of hydrogen-bond acceptors (Lipinski definition) is 4. The number of hydrogen-bond donors (Lipinski definition) is 2. The Kier molecular flexibility index (Phi) is 4.96. The van der Waals surface area contributed by atoms with E-state index in [9.17, 15) is 17.9 Å². The smallest absolute Gasteiger partial charge is 0.246 e. The van der Waals surface area contributed by atoms with Gasteiger partial charge in [0.2, 0.25) is 10.0 Å². The van der Waals surface area contributed by atoms with E-state index in [0.717, 1.165) is 10.4 Å². The number of nitrogens with zero attached hydrogens (tertiary/aromatic N) is 1. The highest BCUT2D eigenvalue weighted by molar-refractivity contribution is 7.89. The average Bonchev–Trinajstić information content (AvgIpc) is 2.94. The van der Waals surface area contributed by atoms with Crippen molar-refractivity contribution < 1.29 is 23.0 Å². The number of rotatable bonds is 3. The molecular formula is C14H16FNO4S. The van der Waals surface area contributed by atoms with Crippen molar-refractivity contribution >= 4 is 10.0 Å². The van der Waals surface area contributed by atoms with E-state index in [0.29, 0.717) is 18.4 Å². The number of aliphatic hydroxyl groups excluding tert-OH is 2. The van der Waals surface area contributed by atoms with Gasteiger partial charge in [-0.05, 0) is 31.0 Å². The molecule has 0 saturated carbocycles. The third kappa shape index (κ3) is 3.24. The molecule has 0 bridgehead atoms. The first kappa shape index (κ1) is 15.9. The molecule has 114 valence electrons. The summed E-state index contributed by atoms with van der Waals surface area (Å²) in [6.45, 7) is -0.354. The molecule has 0 radical (unpaired) electrons. The summed E-state index contributed by atoms with van der Waals surface area (Å²) in [7, 11) is -3.97. The fourth-order valence-electron chi connectivity index (χ4n) is 2.36. The first-order valence-electron chi connectivity index (χ1n) is 6.52. The number of sulfonamides is 1. The van der Waals surface area contributed by atoms with Crippen LogP contribution >= 0.6 is 0 Å². The second kappa shape index (κ2) is 6.54. The molecule has 1 aliphatic rings. The van der Waals surface area contributed by atoms with Gasteiger partial charge >= 0.3 is 0 Å². The van der Waals surface area contributed by atoms with Crippen molar-refractivity contribution in [1.82, 2.24) is 4.31 Å². The van der Waals surface area contributed by atoms with Gasteiger partial charge < -0.3 is 10.2 Å². The minimum absolute atomic E-state index is 0.277. The van der Waals surface area contributed by atoms with Crippen molar-refractivity contribution in [2.75, 3.05) is 19.8 Å². The normalized spacial score (nSPS) is 19.3. The summed E-state index contributed by atoms with van der Waals surface area (Å²) in [5.41, 5.74) is 0.292. The Morgan fingerprint density at radius 2 is 2.14 bits per heavy atom. The molecule has 1 heterocycles. The highest BCUT2D eigenvalue weighted by atomic mass is 32.2. The number of benzene rings is 1. The zero-order chi connectivity index (χ0) is 15.5. The minimum atomic E-state index is -3.97. The van der Waals surface area contributed by atoms with E-state index in [1.54, 1.807) is 0 Å². The first-order valence-corrected chi connectivity index (χ1v) is 7.96. The Labute approximate surface area is 123 Å². The molecule has 1 saturated heterocycles. The lowest BCUT2D eigenvalue weighted by Gasteiger charge is -2.22. The molecule has 2 rings (SSSR count).